The number of carbonyl (C=O) groups is 2. The highest BCUT2D eigenvalue weighted by molar-refractivity contribution is 8.14. The van der Waals surface area contributed by atoms with Crippen molar-refractivity contribution >= 4 is 34.9 Å². The Balaban J connectivity index is 2.27. The maximum absolute atomic E-state index is 11.5. The van der Waals surface area contributed by atoms with E-state index in [1.54, 1.807) is 6.21 Å². The molecule has 1 aromatic rings. The van der Waals surface area contributed by atoms with Gasteiger partial charge in [0.2, 0.25) is 5.91 Å². The van der Waals surface area contributed by atoms with Crippen molar-refractivity contribution < 1.29 is 9.59 Å². The number of carbonyl (C=O) groups excluding carboxylic acids is 2. The Kier molecular flexibility index (Phi) is 2.86. The normalized spacial score (nSPS) is 15.2. The van der Waals surface area contributed by atoms with E-state index in [1.165, 1.54) is 23.3 Å². The molecule has 0 atom stereocenters. The molecule has 0 aromatic carbocycles. The van der Waals surface area contributed by atoms with E-state index in [2.05, 4.69) is 10.1 Å². The lowest BCUT2D eigenvalue weighted by molar-refractivity contribution is 0.1000. The van der Waals surface area contributed by atoms with E-state index in [0.717, 1.165) is 11.8 Å². The Labute approximate surface area is 95.5 Å². The highest BCUT2D eigenvalue weighted by Crippen LogP contribution is 2.20. The molecule has 0 aliphatic carbocycles. The number of hydrogen-bond acceptors (Lipinski definition) is 5. The topological polar surface area (TPSA) is 88.7 Å². The van der Waals surface area contributed by atoms with Gasteiger partial charge in [0.05, 0.1) is 5.56 Å². The van der Waals surface area contributed by atoms with Crippen molar-refractivity contribution in [2.75, 3.05) is 10.8 Å². The molecule has 0 bridgehead atoms. The Hall–Kier alpha value is -1.89. The third-order valence-corrected chi connectivity index (χ3v) is 2.64. The Morgan fingerprint density at radius 2 is 2.31 bits per heavy atom. The number of aromatic nitrogens is 1. The lowest BCUT2D eigenvalue weighted by Crippen LogP contribution is -2.26. The van der Waals surface area contributed by atoms with Gasteiger partial charge in [-0.15, -0.1) is 0 Å². The van der Waals surface area contributed by atoms with E-state index in [1.807, 2.05) is 0 Å². The number of primary amides is 1. The van der Waals surface area contributed by atoms with Crippen LogP contribution in [0.2, 0.25) is 0 Å². The van der Waals surface area contributed by atoms with E-state index in [9.17, 15) is 9.59 Å². The van der Waals surface area contributed by atoms with Crippen LogP contribution in [0.15, 0.2) is 23.4 Å². The summed E-state index contributed by atoms with van der Waals surface area (Å²) in [5.41, 5.74) is 5.37. The number of nitrogens with zero attached hydrogens (tertiary/aromatic N) is 3. The summed E-state index contributed by atoms with van der Waals surface area (Å²) in [5.74, 6) is 0.384. The molecule has 0 radical (unpaired) electrons. The first-order valence-corrected chi connectivity index (χ1v) is 5.42. The first kappa shape index (κ1) is 10.6. The first-order valence-electron chi connectivity index (χ1n) is 4.43. The van der Waals surface area contributed by atoms with E-state index < -0.39 is 5.91 Å². The second kappa shape index (κ2) is 4.31. The molecular weight excluding hydrogens is 228 g/mol. The number of amides is 2. The van der Waals surface area contributed by atoms with Gasteiger partial charge in [-0.25, -0.2) is 4.98 Å². The molecular formula is C9H8N4O2S. The number of thioether (sulfide) groups is 1. The minimum absolute atomic E-state index is 0.193. The quantitative estimate of drug-likeness (QED) is 0.824. The maximum Gasteiger partial charge on any atom is 0.308 e. The molecule has 0 spiro atoms. The van der Waals surface area contributed by atoms with Crippen molar-refractivity contribution in [1.29, 1.82) is 0 Å². The molecule has 1 aliphatic rings. The molecule has 0 saturated carbocycles. The Morgan fingerprint density at radius 3 is 2.88 bits per heavy atom. The van der Waals surface area contributed by atoms with E-state index in [-0.39, 0.29) is 5.24 Å². The summed E-state index contributed by atoms with van der Waals surface area (Å²) in [4.78, 5) is 26.2. The molecule has 2 rings (SSSR count). The average molecular weight is 236 g/mol. The molecule has 7 heteroatoms. The fourth-order valence-corrected chi connectivity index (χ4v) is 1.69. The molecule has 0 unspecified atom stereocenters. The Morgan fingerprint density at radius 1 is 1.50 bits per heavy atom. The van der Waals surface area contributed by atoms with E-state index >= 15 is 0 Å². The molecule has 2 heterocycles. The van der Waals surface area contributed by atoms with Crippen LogP contribution in [0, 0.1) is 0 Å². The molecule has 82 valence electrons. The molecule has 0 saturated heterocycles. The van der Waals surface area contributed by atoms with Gasteiger partial charge in [-0.2, -0.15) is 10.1 Å². The van der Waals surface area contributed by atoms with Gasteiger partial charge in [0.25, 0.3) is 0 Å². The van der Waals surface area contributed by atoms with Gasteiger partial charge in [-0.1, -0.05) is 11.8 Å². The number of hydrogen-bond donors (Lipinski definition) is 1. The number of anilines is 1. The van der Waals surface area contributed by atoms with Crippen molar-refractivity contribution in [3.8, 4) is 0 Å². The maximum atomic E-state index is 11.5. The van der Waals surface area contributed by atoms with Crippen LogP contribution in [0.5, 0.6) is 0 Å². The summed E-state index contributed by atoms with van der Waals surface area (Å²) in [6, 6.07) is 3.04. The number of nitrogens with two attached hydrogens (primary N) is 1. The highest BCUT2D eigenvalue weighted by Gasteiger charge is 2.19. The van der Waals surface area contributed by atoms with Gasteiger partial charge in [0.1, 0.15) is 0 Å². The first-order chi connectivity index (χ1) is 7.68. The van der Waals surface area contributed by atoms with E-state index in [4.69, 9.17) is 5.73 Å². The minimum Gasteiger partial charge on any atom is -0.366 e. The van der Waals surface area contributed by atoms with Crippen LogP contribution in [0.25, 0.3) is 0 Å². The van der Waals surface area contributed by atoms with Crippen molar-refractivity contribution in [2.45, 2.75) is 0 Å². The monoisotopic (exact) mass is 236 g/mol. The van der Waals surface area contributed by atoms with Gasteiger partial charge in [-0.05, 0) is 12.1 Å². The van der Waals surface area contributed by atoms with Crippen LogP contribution in [0.1, 0.15) is 10.4 Å². The average Bonchev–Trinajstić information content (AvgIpc) is 2.30. The van der Waals surface area contributed by atoms with Crippen molar-refractivity contribution in [2.24, 2.45) is 10.8 Å². The predicted octanol–water partition coefficient (Wildman–Crippen LogP) is 0.840. The highest BCUT2D eigenvalue weighted by atomic mass is 32.2. The second-order valence-corrected chi connectivity index (χ2v) is 3.93. The predicted molar refractivity (Wildman–Crippen MR) is 61.6 cm³/mol. The summed E-state index contributed by atoms with van der Waals surface area (Å²) in [6.45, 7) is 0. The summed E-state index contributed by atoms with van der Waals surface area (Å²) in [7, 11) is 0. The third kappa shape index (κ3) is 2.03. The van der Waals surface area contributed by atoms with Crippen LogP contribution < -0.4 is 10.7 Å². The molecule has 2 N–H and O–H groups in total. The lowest BCUT2D eigenvalue weighted by Gasteiger charge is -2.17. The fraction of sp³-hybridized carbons (Fsp3) is 0.111. The summed E-state index contributed by atoms with van der Waals surface area (Å²) in [5, 5.41) is 4.90. The van der Waals surface area contributed by atoms with E-state index in [0.29, 0.717) is 17.1 Å². The van der Waals surface area contributed by atoms with Crippen LogP contribution in [0.4, 0.5) is 10.6 Å². The Bertz CT molecular complexity index is 457. The van der Waals surface area contributed by atoms with Crippen molar-refractivity contribution in [1.82, 2.24) is 4.98 Å². The SMILES string of the molecule is NC(=O)c1ccc(N2N=CCSC2=O)nc1. The molecule has 16 heavy (non-hydrogen) atoms. The second-order valence-electron chi connectivity index (χ2n) is 2.96. The van der Waals surface area contributed by atoms with Gasteiger partial charge in [-0.3, -0.25) is 9.59 Å². The van der Waals surface area contributed by atoms with Crippen molar-refractivity contribution in [3.05, 3.63) is 23.9 Å². The van der Waals surface area contributed by atoms with Gasteiger partial charge in [0, 0.05) is 18.2 Å². The molecule has 6 nitrogen and oxygen atoms in total. The van der Waals surface area contributed by atoms with Gasteiger partial charge >= 0.3 is 5.24 Å². The zero-order valence-corrected chi connectivity index (χ0v) is 8.98. The van der Waals surface area contributed by atoms with Crippen LogP contribution >= 0.6 is 11.8 Å². The molecule has 1 aromatic heterocycles. The van der Waals surface area contributed by atoms with Crippen LogP contribution in [0.3, 0.4) is 0 Å². The molecule has 1 aliphatic heterocycles. The molecule has 2 amide bonds. The minimum atomic E-state index is -0.554. The largest absolute Gasteiger partial charge is 0.366 e. The van der Waals surface area contributed by atoms with Gasteiger partial charge < -0.3 is 5.73 Å². The third-order valence-electron chi connectivity index (χ3n) is 1.90. The number of hydrazone groups is 1. The molecule has 0 fully saturated rings. The van der Waals surface area contributed by atoms with Crippen molar-refractivity contribution in [3.63, 3.8) is 0 Å². The smallest absolute Gasteiger partial charge is 0.308 e. The summed E-state index contributed by atoms with van der Waals surface area (Å²) < 4.78 is 0. The summed E-state index contributed by atoms with van der Waals surface area (Å²) >= 11 is 1.14. The zero-order valence-electron chi connectivity index (χ0n) is 8.16. The number of pyridine rings is 1. The fourth-order valence-electron chi connectivity index (χ4n) is 1.14. The zero-order chi connectivity index (χ0) is 11.5. The van der Waals surface area contributed by atoms with Crippen LogP contribution in [-0.2, 0) is 0 Å². The number of rotatable bonds is 2. The van der Waals surface area contributed by atoms with Gasteiger partial charge in [0.15, 0.2) is 5.82 Å². The standard InChI is InChI=1S/C9H8N4O2S/c10-8(14)6-1-2-7(11-5-6)13-9(15)16-4-3-12-13/h1-3,5H,4H2,(H2,10,14). The lowest BCUT2D eigenvalue weighted by atomic mass is 10.3. The summed E-state index contributed by atoms with van der Waals surface area (Å²) in [6.07, 6.45) is 2.94. The van der Waals surface area contributed by atoms with Crippen LogP contribution in [-0.4, -0.2) is 28.1 Å².